The molecule has 0 unspecified atom stereocenters. The molecule has 0 spiro atoms. The van der Waals surface area contributed by atoms with Crippen molar-refractivity contribution in [1.29, 1.82) is 0 Å². The van der Waals surface area contributed by atoms with E-state index in [1.807, 2.05) is 42.2 Å². The third-order valence-corrected chi connectivity index (χ3v) is 4.10. The predicted molar refractivity (Wildman–Crippen MR) is 90.1 cm³/mol. The molecule has 23 heavy (non-hydrogen) atoms. The zero-order chi connectivity index (χ0) is 16.2. The number of carbonyl (C=O) groups excluding carboxylic acids is 1. The van der Waals surface area contributed by atoms with Crippen LogP contribution in [0, 0.1) is 6.92 Å². The lowest BCUT2D eigenvalue weighted by atomic mass is 10.2. The highest BCUT2D eigenvalue weighted by Gasteiger charge is 2.24. The normalized spacial score (nSPS) is 14.7. The molecule has 2 heterocycles. The summed E-state index contributed by atoms with van der Waals surface area (Å²) in [7, 11) is 1.68. The Morgan fingerprint density at radius 3 is 2.48 bits per heavy atom. The van der Waals surface area contributed by atoms with Gasteiger partial charge >= 0.3 is 0 Å². The van der Waals surface area contributed by atoms with Crippen molar-refractivity contribution in [2.45, 2.75) is 6.92 Å². The number of ether oxygens (including phenoxy) is 1. The standard InChI is InChI=1S/C18H21N3O2/c1-14-6-5-7-15(19-14)18(22)21-12-10-20(11-13-21)16-8-3-4-9-17(16)23-2/h3-9H,10-13H2,1-2H3. The van der Waals surface area contributed by atoms with Gasteiger partial charge in [0, 0.05) is 31.9 Å². The average Bonchev–Trinajstić information content (AvgIpc) is 2.61. The van der Waals surface area contributed by atoms with E-state index in [2.05, 4.69) is 16.0 Å². The van der Waals surface area contributed by atoms with E-state index in [0.29, 0.717) is 18.8 Å². The summed E-state index contributed by atoms with van der Waals surface area (Å²) in [6.07, 6.45) is 0. The summed E-state index contributed by atoms with van der Waals surface area (Å²) in [6, 6.07) is 13.5. The summed E-state index contributed by atoms with van der Waals surface area (Å²) < 4.78 is 5.42. The average molecular weight is 311 g/mol. The highest BCUT2D eigenvalue weighted by Crippen LogP contribution is 2.28. The molecule has 3 rings (SSSR count). The van der Waals surface area contributed by atoms with Crippen molar-refractivity contribution in [2.75, 3.05) is 38.2 Å². The van der Waals surface area contributed by atoms with Crippen LogP contribution in [0.25, 0.3) is 0 Å². The number of para-hydroxylation sites is 2. The van der Waals surface area contributed by atoms with Gasteiger partial charge in [-0.2, -0.15) is 0 Å². The third-order valence-electron chi connectivity index (χ3n) is 4.10. The van der Waals surface area contributed by atoms with Crippen molar-refractivity contribution < 1.29 is 9.53 Å². The van der Waals surface area contributed by atoms with Gasteiger partial charge in [-0.3, -0.25) is 4.79 Å². The zero-order valence-electron chi connectivity index (χ0n) is 13.5. The summed E-state index contributed by atoms with van der Waals surface area (Å²) in [5.74, 6) is 0.876. The summed E-state index contributed by atoms with van der Waals surface area (Å²) in [4.78, 5) is 21.0. The van der Waals surface area contributed by atoms with Crippen molar-refractivity contribution in [2.24, 2.45) is 0 Å². The van der Waals surface area contributed by atoms with Gasteiger partial charge in [-0.25, -0.2) is 4.98 Å². The number of hydrogen-bond acceptors (Lipinski definition) is 4. The van der Waals surface area contributed by atoms with E-state index in [1.165, 1.54) is 0 Å². The Bertz CT molecular complexity index is 694. The van der Waals surface area contributed by atoms with Gasteiger partial charge < -0.3 is 14.5 Å². The number of amides is 1. The molecule has 0 N–H and O–H groups in total. The number of anilines is 1. The molecule has 5 nitrogen and oxygen atoms in total. The maximum absolute atomic E-state index is 12.5. The maximum atomic E-state index is 12.5. The second-order valence-electron chi connectivity index (χ2n) is 5.62. The minimum absolute atomic E-state index is 0.00776. The smallest absolute Gasteiger partial charge is 0.272 e. The Kier molecular flexibility index (Phi) is 4.46. The number of aromatic nitrogens is 1. The molecule has 0 atom stereocenters. The van der Waals surface area contributed by atoms with E-state index >= 15 is 0 Å². The zero-order valence-corrected chi connectivity index (χ0v) is 13.5. The summed E-state index contributed by atoms with van der Waals surface area (Å²) in [6.45, 7) is 4.85. The van der Waals surface area contributed by atoms with E-state index in [1.54, 1.807) is 13.2 Å². The number of nitrogens with zero attached hydrogens (tertiary/aromatic N) is 3. The SMILES string of the molecule is COc1ccccc1N1CCN(C(=O)c2cccc(C)n2)CC1. The number of carbonyl (C=O) groups is 1. The molecular formula is C18H21N3O2. The maximum Gasteiger partial charge on any atom is 0.272 e. The molecule has 1 aromatic heterocycles. The lowest BCUT2D eigenvalue weighted by molar-refractivity contribution is 0.0740. The van der Waals surface area contributed by atoms with E-state index < -0.39 is 0 Å². The van der Waals surface area contributed by atoms with Crippen molar-refractivity contribution in [3.8, 4) is 5.75 Å². The van der Waals surface area contributed by atoms with E-state index in [4.69, 9.17) is 4.74 Å². The van der Waals surface area contributed by atoms with Gasteiger partial charge in [0.05, 0.1) is 12.8 Å². The fourth-order valence-corrected chi connectivity index (χ4v) is 2.87. The number of benzene rings is 1. The number of piperazine rings is 1. The molecule has 0 radical (unpaired) electrons. The minimum Gasteiger partial charge on any atom is -0.495 e. The largest absolute Gasteiger partial charge is 0.495 e. The predicted octanol–water partition coefficient (Wildman–Crippen LogP) is 2.36. The van der Waals surface area contributed by atoms with Crippen LogP contribution >= 0.6 is 0 Å². The van der Waals surface area contributed by atoms with Crippen LogP contribution in [0.4, 0.5) is 5.69 Å². The Balaban J connectivity index is 1.67. The van der Waals surface area contributed by atoms with E-state index in [0.717, 1.165) is 30.2 Å². The molecule has 0 saturated carbocycles. The molecular weight excluding hydrogens is 290 g/mol. The Morgan fingerprint density at radius 1 is 1.04 bits per heavy atom. The molecule has 1 fully saturated rings. The fourth-order valence-electron chi connectivity index (χ4n) is 2.87. The van der Waals surface area contributed by atoms with Crippen LogP contribution < -0.4 is 9.64 Å². The monoisotopic (exact) mass is 311 g/mol. The highest BCUT2D eigenvalue weighted by atomic mass is 16.5. The minimum atomic E-state index is 0.00776. The molecule has 1 aliphatic rings. The van der Waals surface area contributed by atoms with Crippen molar-refractivity contribution in [3.05, 3.63) is 53.9 Å². The molecule has 5 heteroatoms. The van der Waals surface area contributed by atoms with Crippen LogP contribution in [0.2, 0.25) is 0 Å². The first-order valence-corrected chi connectivity index (χ1v) is 7.80. The van der Waals surface area contributed by atoms with Gasteiger partial charge in [0.2, 0.25) is 0 Å². The number of aryl methyl sites for hydroxylation is 1. The fraction of sp³-hybridized carbons (Fsp3) is 0.333. The van der Waals surface area contributed by atoms with Crippen LogP contribution in [0.1, 0.15) is 16.2 Å². The number of rotatable bonds is 3. The van der Waals surface area contributed by atoms with Crippen LogP contribution in [0.5, 0.6) is 5.75 Å². The van der Waals surface area contributed by atoms with Gasteiger partial charge in [0.25, 0.3) is 5.91 Å². The second-order valence-corrected chi connectivity index (χ2v) is 5.62. The third kappa shape index (κ3) is 3.28. The van der Waals surface area contributed by atoms with E-state index in [9.17, 15) is 4.79 Å². The van der Waals surface area contributed by atoms with Gasteiger partial charge in [-0.05, 0) is 31.2 Å². The Labute approximate surface area is 136 Å². The van der Waals surface area contributed by atoms with Crippen LogP contribution in [-0.4, -0.2) is 49.1 Å². The van der Waals surface area contributed by atoms with Crippen LogP contribution in [0.3, 0.4) is 0 Å². The summed E-state index contributed by atoms with van der Waals surface area (Å²) in [5, 5.41) is 0. The van der Waals surface area contributed by atoms with Gasteiger partial charge in [-0.1, -0.05) is 18.2 Å². The quantitative estimate of drug-likeness (QED) is 0.873. The Hall–Kier alpha value is -2.56. The van der Waals surface area contributed by atoms with Gasteiger partial charge in [0.15, 0.2) is 0 Å². The van der Waals surface area contributed by atoms with Crippen molar-refractivity contribution in [3.63, 3.8) is 0 Å². The molecule has 1 aliphatic heterocycles. The summed E-state index contributed by atoms with van der Waals surface area (Å²) in [5.41, 5.74) is 2.47. The van der Waals surface area contributed by atoms with Crippen LogP contribution in [-0.2, 0) is 0 Å². The number of hydrogen-bond donors (Lipinski definition) is 0. The van der Waals surface area contributed by atoms with Crippen LogP contribution in [0.15, 0.2) is 42.5 Å². The summed E-state index contributed by atoms with van der Waals surface area (Å²) >= 11 is 0. The van der Waals surface area contributed by atoms with Gasteiger partial charge in [0.1, 0.15) is 11.4 Å². The topological polar surface area (TPSA) is 45.7 Å². The lowest BCUT2D eigenvalue weighted by Gasteiger charge is -2.36. The first-order chi connectivity index (χ1) is 11.2. The molecule has 2 aromatic rings. The number of methoxy groups -OCH3 is 1. The molecule has 0 aliphatic carbocycles. The van der Waals surface area contributed by atoms with Gasteiger partial charge in [-0.15, -0.1) is 0 Å². The number of pyridine rings is 1. The van der Waals surface area contributed by atoms with Crippen molar-refractivity contribution in [1.82, 2.24) is 9.88 Å². The second kappa shape index (κ2) is 6.69. The first kappa shape index (κ1) is 15.3. The molecule has 1 amide bonds. The van der Waals surface area contributed by atoms with Crippen molar-refractivity contribution >= 4 is 11.6 Å². The molecule has 120 valence electrons. The first-order valence-electron chi connectivity index (χ1n) is 7.80. The molecule has 0 bridgehead atoms. The molecule has 1 aromatic carbocycles. The lowest BCUT2D eigenvalue weighted by Crippen LogP contribution is -2.49. The highest BCUT2D eigenvalue weighted by molar-refractivity contribution is 5.92. The Morgan fingerprint density at radius 2 is 1.78 bits per heavy atom. The molecule has 1 saturated heterocycles. The van der Waals surface area contributed by atoms with E-state index in [-0.39, 0.29) is 5.91 Å².